The van der Waals surface area contributed by atoms with Crippen LogP contribution in [0.2, 0.25) is 5.02 Å². The molecule has 0 aliphatic carbocycles. The van der Waals surface area contributed by atoms with E-state index in [2.05, 4.69) is 10.3 Å². The van der Waals surface area contributed by atoms with Gasteiger partial charge in [0.2, 0.25) is 15.9 Å². The highest BCUT2D eigenvalue weighted by Crippen LogP contribution is 2.32. The average Bonchev–Trinajstić information content (AvgIpc) is 2.94. The SMILES string of the molecule is Cc1c(Cl)ccc2sc(NC(=O)[C@H]3CCCN(S(C)(=O)=O)C3)nc12. The van der Waals surface area contributed by atoms with Gasteiger partial charge < -0.3 is 5.32 Å². The maximum Gasteiger partial charge on any atom is 0.230 e. The number of nitrogens with one attached hydrogen (secondary N) is 1. The van der Waals surface area contributed by atoms with Crippen molar-refractivity contribution in [1.82, 2.24) is 9.29 Å². The minimum atomic E-state index is -3.27. The number of hydrogen-bond donors (Lipinski definition) is 1. The summed E-state index contributed by atoms with van der Waals surface area (Å²) >= 11 is 7.48. The number of sulfonamides is 1. The summed E-state index contributed by atoms with van der Waals surface area (Å²) in [5.41, 5.74) is 1.66. The summed E-state index contributed by atoms with van der Waals surface area (Å²) < 4.78 is 25.7. The van der Waals surface area contributed by atoms with Gasteiger partial charge in [-0.3, -0.25) is 4.79 Å². The van der Waals surface area contributed by atoms with Gasteiger partial charge in [0.1, 0.15) is 0 Å². The van der Waals surface area contributed by atoms with Gasteiger partial charge in [-0.05, 0) is 37.5 Å². The van der Waals surface area contributed by atoms with Crippen LogP contribution in [-0.2, 0) is 14.8 Å². The first kappa shape index (κ1) is 17.6. The molecular weight excluding hydrogens is 370 g/mol. The molecule has 6 nitrogen and oxygen atoms in total. The Bertz CT molecular complexity index is 895. The predicted octanol–water partition coefficient (Wildman–Crippen LogP) is 2.87. The number of hydrogen-bond acceptors (Lipinski definition) is 5. The Balaban J connectivity index is 1.76. The van der Waals surface area contributed by atoms with E-state index in [0.29, 0.717) is 29.5 Å². The van der Waals surface area contributed by atoms with Gasteiger partial charge in [-0.25, -0.2) is 17.7 Å². The van der Waals surface area contributed by atoms with Crippen LogP contribution < -0.4 is 5.32 Å². The third-order valence-electron chi connectivity index (χ3n) is 4.20. The molecule has 2 aromatic rings. The number of carbonyl (C=O) groups is 1. The van der Waals surface area contributed by atoms with Crippen LogP contribution in [0.4, 0.5) is 5.13 Å². The second-order valence-corrected chi connectivity index (χ2v) is 9.41. The minimum absolute atomic E-state index is 0.189. The summed E-state index contributed by atoms with van der Waals surface area (Å²) in [4.78, 5) is 16.9. The second-order valence-electron chi connectivity index (χ2n) is 5.99. The van der Waals surface area contributed by atoms with E-state index in [9.17, 15) is 13.2 Å². The zero-order chi connectivity index (χ0) is 17.5. The lowest BCUT2D eigenvalue weighted by molar-refractivity contribution is -0.120. The number of fused-ring (bicyclic) bond motifs is 1. The zero-order valence-electron chi connectivity index (χ0n) is 13.4. The summed E-state index contributed by atoms with van der Waals surface area (Å²) in [6.45, 7) is 2.59. The van der Waals surface area contributed by atoms with E-state index in [-0.39, 0.29) is 18.4 Å². The van der Waals surface area contributed by atoms with Crippen molar-refractivity contribution in [2.45, 2.75) is 19.8 Å². The number of thiazole rings is 1. The molecule has 1 fully saturated rings. The Hall–Kier alpha value is -1.22. The summed E-state index contributed by atoms with van der Waals surface area (Å²) in [6.07, 6.45) is 2.53. The first-order valence-corrected chi connectivity index (χ1v) is 10.6. The van der Waals surface area contributed by atoms with Crippen molar-refractivity contribution >= 4 is 54.2 Å². The van der Waals surface area contributed by atoms with E-state index in [0.717, 1.165) is 15.8 Å². The van der Waals surface area contributed by atoms with Crippen LogP contribution in [0.3, 0.4) is 0 Å². The van der Waals surface area contributed by atoms with Crippen molar-refractivity contribution in [2.75, 3.05) is 24.7 Å². The lowest BCUT2D eigenvalue weighted by Gasteiger charge is -2.29. The molecule has 24 heavy (non-hydrogen) atoms. The smallest absolute Gasteiger partial charge is 0.230 e. The van der Waals surface area contributed by atoms with Crippen molar-refractivity contribution < 1.29 is 13.2 Å². The molecule has 2 heterocycles. The Kier molecular flexibility index (Phi) is 4.83. The van der Waals surface area contributed by atoms with Crippen LogP contribution >= 0.6 is 22.9 Å². The molecule has 3 rings (SSSR count). The fraction of sp³-hybridized carbons (Fsp3) is 0.467. The van der Waals surface area contributed by atoms with Crippen LogP contribution in [0.25, 0.3) is 10.2 Å². The number of rotatable bonds is 3. The van der Waals surface area contributed by atoms with Crippen molar-refractivity contribution in [3.8, 4) is 0 Å². The summed E-state index contributed by atoms with van der Waals surface area (Å²) in [5.74, 6) is -0.545. The van der Waals surface area contributed by atoms with Crippen molar-refractivity contribution in [3.05, 3.63) is 22.7 Å². The summed E-state index contributed by atoms with van der Waals surface area (Å²) in [7, 11) is -3.27. The van der Waals surface area contributed by atoms with Gasteiger partial charge in [0, 0.05) is 18.1 Å². The van der Waals surface area contributed by atoms with Crippen LogP contribution in [0.1, 0.15) is 18.4 Å². The maximum atomic E-state index is 12.5. The van der Waals surface area contributed by atoms with Crippen molar-refractivity contribution in [3.63, 3.8) is 0 Å². The molecule has 0 unspecified atom stereocenters. The molecule has 1 aliphatic heterocycles. The molecular formula is C15H18ClN3O3S2. The lowest BCUT2D eigenvalue weighted by Crippen LogP contribution is -2.43. The molecule has 1 N–H and O–H groups in total. The molecule has 0 saturated carbocycles. The molecule has 1 aromatic heterocycles. The Morgan fingerprint density at radius 2 is 2.21 bits per heavy atom. The highest BCUT2D eigenvalue weighted by Gasteiger charge is 2.30. The van der Waals surface area contributed by atoms with Gasteiger partial charge >= 0.3 is 0 Å². The van der Waals surface area contributed by atoms with Crippen LogP contribution in [0.5, 0.6) is 0 Å². The normalized spacial score (nSPS) is 19.5. The number of aryl methyl sites for hydroxylation is 1. The van der Waals surface area contributed by atoms with E-state index in [4.69, 9.17) is 11.6 Å². The first-order chi connectivity index (χ1) is 11.3. The van der Waals surface area contributed by atoms with Gasteiger partial charge in [-0.15, -0.1) is 0 Å². The van der Waals surface area contributed by atoms with Gasteiger partial charge in [-0.2, -0.15) is 0 Å². The van der Waals surface area contributed by atoms with E-state index in [1.54, 1.807) is 0 Å². The minimum Gasteiger partial charge on any atom is -0.302 e. The monoisotopic (exact) mass is 387 g/mol. The highest BCUT2D eigenvalue weighted by molar-refractivity contribution is 7.88. The molecule has 1 aromatic carbocycles. The van der Waals surface area contributed by atoms with E-state index < -0.39 is 10.0 Å². The first-order valence-electron chi connectivity index (χ1n) is 7.57. The molecule has 1 saturated heterocycles. The summed E-state index contributed by atoms with van der Waals surface area (Å²) in [6, 6.07) is 3.69. The quantitative estimate of drug-likeness (QED) is 0.878. The molecule has 0 bridgehead atoms. The largest absolute Gasteiger partial charge is 0.302 e. The van der Waals surface area contributed by atoms with E-state index >= 15 is 0 Å². The number of nitrogens with zero attached hydrogens (tertiary/aromatic N) is 2. The molecule has 0 radical (unpaired) electrons. The maximum absolute atomic E-state index is 12.5. The number of anilines is 1. The summed E-state index contributed by atoms with van der Waals surface area (Å²) in [5, 5.41) is 3.98. The van der Waals surface area contributed by atoms with E-state index in [1.165, 1.54) is 21.9 Å². The van der Waals surface area contributed by atoms with Crippen molar-refractivity contribution in [2.24, 2.45) is 5.92 Å². The lowest BCUT2D eigenvalue weighted by atomic mass is 9.99. The number of amides is 1. The number of aromatic nitrogens is 1. The second kappa shape index (κ2) is 6.59. The Morgan fingerprint density at radius 3 is 2.92 bits per heavy atom. The number of benzene rings is 1. The van der Waals surface area contributed by atoms with Gasteiger partial charge in [0.15, 0.2) is 5.13 Å². The van der Waals surface area contributed by atoms with Crippen LogP contribution in [0, 0.1) is 12.8 Å². The van der Waals surface area contributed by atoms with Crippen LogP contribution in [-0.4, -0.2) is 43.0 Å². The highest BCUT2D eigenvalue weighted by atomic mass is 35.5. The molecule has 1 amide bonds. The Morgan fingerprint density at radius 1 is 1.46 bits per heavy atom. The topological polar surface area (TPSA) is 79.4 Å². The molecule has 1 aliphatic rings. The molecule has 9 heteroatoms. The third kappa shape index (κ3) is 3.56. The van der Waals surface area contributed by atoms with Gasteiger partial charge in [-0.1, -0.05) is 22.9 Å². The fourth-order valence-corrected chi connectivity index (χ4v) is 4.81. The zero-order valence-corrected chi connectivity index (χ0v) is 15.8. The fourth-order valence-electron chi connectivity index (χ4n) is 2.82. The molecule has 0 spiro atoms. The Labute approximate surface area is 149 Å². The van der Waals surface area contributed by atoms with E-state index in [1.807, 2.05) is 19.1 Å². The standard InChI is InChI=1S/C15H18ClN3O3S2/c1-9-11(16)5-6-12-13(9)17-15(23-12)18-14(20)10-4-3-7-19(8-10)24(2,21)22/h5-6,10H,3-4,7-8H2,1-2H3,(H,17,18,20)/t10-/m0/s1. The number of carbonyl (C=O) groups excluding carboxylic acids is 1. The molecule has 1 atom stereocenters. The van der Waals surface area contributed by atoms with Crippen molar-refractivity contribution in [1.29, 1.82) is 0 Å². The number of halogens is 1. The average molecular weight is 388 g/mol. The van der Waals surface area contributed by atoms with Gasteiger partial charge in [0.25, 0.3) is 0 Å². The van der Waals surface area contributed by atoms with Gasteiger partial charge in [0.05, 0.1) is 22.4 Å². The third-order valence-corrected chi connectivity index (χ3v) is 6.82. The molecule has 130 valence electrons. The predicted molar refractivity (Wildman–Crippen MR) is 97.1 cm³/mol. The van der Waals surface area contributed by atoms with Crippen LogP contribution in [0.15, 0.2) is 12.1 Å². The number of piperidine rings is 1.